The molecule has 0 bridgehead atoms. The molecular weight excluding hydrogens is 568 g/mol. The van der Waals surface area contributed by atoms with Gasteiger partial charge in [-0.3, -0.25) is 9.10 Å². The smallest absolute Gasteiger partial charge is 0.264 e. The maximum atomic E-state index is 13.7. The van der Waals surface area contributed by atoms with E-state index in [0.29, 0.717) is 40.1 Å². The number of ether oxygens (including phenoxy) is 2. The number of para-hydroxylation sites is 3. The SMILES string of the molecule is O=C(NCC1COc2ccccc2O1)c1cc(S(=O)(=O)N2CCc3ccccc32)ccc1Sc1cccc(Cl)c1. The van der Waals surface area contributed by atoms with Gasteiger partial charge in [0.15, 0.2) is 11.5 Å². The zero-order chi connectivity index (χ0) is 27.7. The van der Waals surface area contributed by atoms with Gasteiger partial charge in [-0.15, -0.1) is 0 Å². The van der Waals surface area contributed by atoms with Gasteiger partial charge in [0.2, 0.25) is 0 Å². The highest BCUT2D eigenvalue weighted by Gasteiger charge is 2.32. The van der Waals surface area contributed by atoms with Crippen molar-refractivity contribution in [3.8, 4) is 11.5 Å². The van der Waals surface area contributed by atoms with Crippen molar-refractivity contribution in [1.82, 2.24) is 5.32 Å². The van der Waals surface area contributed by atoms with E-state index in [2.05, 4.69) is 5.32 Å². The average Bonchev–Trinajstić information content (AvgIpc) is 3.41. The standard InChI is InChI=1S/C30H25ClN2O5S2/c31-21-7-5-8-23(16-21)39-29-13-12-24(40(35,36)33-15-14-20-6-1-2-9-26(20)33)17-25(29)30(34)32-18-22-19-37-27-10-3-4-11-28(27)38-22/h1-13,16-17,22H,14-15,18-19H2,(H,32,34). The first-order chi connectivity index (χ1) is 19.4. The van der Waals surface area contributed by atoms with Gasteiger partial charge in [0, 0.05) is 21.4 Å². The molecule has 0 fully saturated rings. The normalized spacial score (nSPS) is 15.9. The summed E-state index contributed by atoms with van der Waals surface area (Å²) in [6.07, 6.45) is 0.244. The number of amides is 1. The van der Waals surface area contributed by atoms with Crippen molar-refractivity contribution in [1.29, 1.82) is 0 Å². The molecule has 0 aliphatic carbocycles. The Bertz CT molecular complexity index is 1700. The Hall–Kier alpha value is -3.66. The van der Waals surface area contributed by atoms with Crippen LogP contribution in [0.1, 0.15) is 15.9 Å². The van der Waals surface area contributed by atoms with Crippen LogP contribution in [0.5, 0.6) is 11.5 Å². The molecule has 2 aliphatic heterocycles. The average molecular weight is 593 g/mol. The van der Waals surface area contributed by atoms with Crippen LogP contribution in [-0.2, 0) is 16.4 Å². The summed E-state index contributed by atoms with van der Waals surface area (Å²) < 4.78 is 40.6. The van der Waals surface area contributed by atoms with Crippen molar-refractivity contribution in [2.75, 3.05) is 24.0 Å². The molecule has 7 nitrogen and oxygen atoms in total. The Morgan fingerprint density at radius 2 is 1.77 bits per heavy atom. The summed E-state index contributed by atoms with van der Waals surface area (Å²) in [4.78, 5) is 15.0. The van der Waals surface area contributed by atoms with Crippen LogP contribution >= 0.6 is 23.4 Å². The van der Waals surface area contributed by atoms with Crippen molar-refractivity contribution < 1.29 is 22.7 Å². The number of anilines is 1. The van der Waals surface area contributed by atoms with Crippen molar-refractivity contribution >= 4 is 45.0 Å². The summed E-state index contributed by atoms with van der Waals surface area (Å²) in [5.41, 5.74) is 1.89. The lowest BCUT2D eigenvalue weighted by atomic mass is 10.2. The van der Waals surface area contributed by atoms with Crippen molar-refractivity contribution in [2.45, 2.75) is 27.2 Å². The van der Waals surface area contributed by atoms with Crippen LogP contribution in [0, 0.1) is 0 Å². The van der Waals surface area contributed by atoms with Crippen LogP contribution in [0.2, 0.25) is 5.02 Å². The Balaban J connectivity index is 1.28. The van der Waals surface area contributed by atoms with E-state index in [-0.39, 0.29) is 23.6 Å². The number of benzene rings is 4. The summed E-state index contributed by atoms with van der Waals surface area (Å²) in [5.74, 6) is 0.863. The lowest BCUT2D eigenvalue weighted by molar-refractivity contribution is 0.0787. The molecule has 40 heavy (non-hydrogen) atoms. The fraction of sp³-hybridized carbons (Fsp3) is 0.167. The second-order valence-corrected chi connectivity index (χ2v) is 12.8. The Morgan fingerprint density at radius 1 is 0.975 bits per heavy atom. The molecule has 1 N–H and O–H groups in total. The van der Waals surface area contributed by atoms with Gasteiger partial charge in [-0.1, -0.05) is 59.8 Å². The van der Waals surface area contributed by atoms with Gasteiger partial charge in [-0.2, -0.15) is 0 Å². The summed E-state index contributed by atoms with van der Waals surface area (Å²) in [5, 5.41) is 3.48. The third-order valence-corrected chi connectivity index (χ3v) is 9.82. The van der Waals surface area contributed by atoms with Crippen LogP contribution in [0.25, 0.3) is 0 Å². The van der Waals surface area contributed by atoms with Gasteiger partial charge in [0.05, 0.1) is 22.7 Å². The highest BCUT2D eigenvalue weighted by molar-refractivity contribution is 7.99. The number of sulfonamides is 1. The van der Waals surface area contributed by atoms with Crippen LogP contribution in [0.4, 0.5) is 5.69 Å². The van der Waals surface area contributed by atoms with Crippen molar-refractivity contribution in [3.63, 3.8) is 0 Å². The Kier molecular flexibility index (Phi) is 7.35. The molecule has 1 atom stereocenters. The third-order valence-electron chi connectivity index (χ3n) is 6.71. The molecule has 0 radical (unpaired) electrons. The molecular formula is C30H25ClN2O5S2. The van der Waals surface area contributed by atoms with Gasteiger partial charge in [0.1, 0.15) is 12.7 Å². The first kappa shape index (κ1) is 26.6. The minimum atomic E-state index is -3.90. The van der Waals surface area contributed by atoms with Crippen LogP contribution < -0.4 is 19.1 Å². The summed E-state index contributed by atoms with van der Waals surface area (Å²) >= 11 is 7.52. The predicted octanol–water partition coefficient (Wildman–Crippen LogP) is 5.81. The number of hydrogen-bond donors (Lipinski definition) is 1. The zero-order valence-corrected chi connectivity index (χ0v) is 23.6. The minimum absolute atomic E-state index is 0.0518. The minimum Gasteiger partial charge on any atom is -0.486 e. The van der Waals surface area contributed by atoms with Crippen molar-refractivity contribution in [2.24, 2.45) is 0 Å². The number of nitrogens with zero attached hydrogens (tertiary/aromatic N) is 1. The van der Waals surface area contributed by atoms with Gasteiger partial charge < -0.3 is 14.8 Å². The molecule has 1 amide bonds. The second-order valence-electron chi connectivity index (χ2n) is 9.38. The van der Waals surface area contributed by atoms with E-state index in [0.717, 1.165) is 10.5 Å². The van der Waals surface area contributed by atoms with E-state index in [1.165, 1.54) is 22.1 Å². The largest absolute Gasteiger partial charge is 0.486 e. The lowest BCUT2D eigenvalue weighted by Crippen LogP contribution is -2.41. The number of carbonyl (C=O) groups is 1. The molecule has 204 valence electrons. The van der Waals surface area contributed by atoms with Crippen molar-refractivity contribution in [3.05, 3.63) is 107 Å². The van der Waals surface area contributed by atoms with E-state index in [1.54, 1.807) is 30.3 Å². The highest BCUT2D eigenvalue weighted by atomic mass is 35.5. The topological polar surface area (TPSA) is 84.9 Å². The molecule has 0 saturated heterocycles. The number of nitrogens with one attached hydrogen (secondary N) is 1. The number of hydrogen-bond acceptors (Lipinski definition) is 6. The van der Waals surface area contributed by atoms with Gasteiger partial charge in [-0.05, 0) is 66.6 Å². The van der Waals surface area contributed by atoms with Gasteiger partial charge in [-0.25, -0.2) is 8.42 Å². The number of halogens is 1. The molecule has 0 spiro atoms. The van der Waals surface area contributed by atoms with Gasteiger partial charge >= 0.3 is 0 Å². The number of fused-ring (bicyclic) bond motifs is 2. The van der Waals surface area contributed by atoms with E-state index >= 15 is 0 Å². The maximum absolute atomic E-state index is 13.7. The third kappa shape index (κ3) is 5.37. The first-order valence-electron chi connectivity index (χ1n) is 12.7. The van der Waals surface area contributed by atoms with Crippen LogP contribution in [-0.4, -0.2) is 40.1 Å². The summed E-state index contributed by atoms with van der Waals surface area (Å²) in [6, 6.07) is 26.8. The zero-order valence-electron chi connectivity index (χ0n) is 21.2. The molecule has 0 saturated carbocycles. The quantitative estimate of drug-likeness (QED) is 0.291. The van der Waals surface area contributed by atoms with E-state index in [9.17, 15) is 13.2 Å². The predicted molar refractivity (Wildman–Crippen MR) is 155 cm³/mol. The monoisotopic (exact) mass is 592 g/mol. The maximum Gasteiger partial charge on any atom is 0.264 e. The fourth-order valence-electron chi connectivity index (χ4n) is 4.74. The lowest BCUT2D eigenvalue weighted by Gasteiger charge is -2.26. The highest BCUT2D eigenvalue weighted by Crippen LogP contribution is 2.37. The van der Waals surface area contributed by atoms with E-state index < -0.39 is 22.0 Å². The fourth-order valence-corrected chi connectivity index (χ4v) is 7.51. The molecule has 6 rings (SSSR count). The molecule has 2 heterocycles. The molecule has 2 aliphatic rings. The molecule has 1 unspecified atom stereocenters. The summed E-state index contributed by atoms with van der Waals surface area (Å²) in [6.45, 7) is 0.817. The molecule has 0 aromatic heterocycles. The van der Waals surface area contributed by atoms with Crippen LogP contribution in [0.3, 0.4) is 0 Å². The van der Waals surface area contributed by atoms with E-state index in [4.69, 9.17) is 21.1 Å². The van der Waals surface area contributed by atoms with Gasteiger partial charge in [0.25, 0.3) is 15.9 Å². The number of carbonyl (C=O) groups excluding carboxylic acids is 1. The van der Waals surface area contributed by atoms with Crippen LogP contribution in [0.15, 0.2) is 106 Å². The summed E-state index contributed by atoms with van der Waals surface area (Å²) in [7, 11) is -3.90. The molecule has 4 aromatic rings. The first-order valence-corrected chi connectivity index (χ1v) is 15.4. The molecule has 10 heteroatoms. The second kappa shape index (κ2) is 11.1. The Morgan fingerprint density at radius 3 is 2.62 bits per heavy atom. The van der Waals surface area contributed by atoms with E-state index in [1.807, 2.05) is 54.6 Å². The number of rotatable bonds is 7. The Labute approximate surface area is 242 Å². The molecule has 4 aromatic carbocycles.